The number of hydrogen-bond acceptors (Lipinski definition) is 6. The first-order valence-electron chi connectivity index (χ1n) is 10.3. The zero-order valence-corrected chi connectivity index (χ0v) is 18.3. The number of ether oxygens (including phenoxy) is 1. The van der Waals surface area contributed by atoms with Gasteiger partial charge in [0.1, 0.15) is 10.8 Å². The van der Waals surface area contributed by atoms with Crippen LogP contribution in [0.25, 0.3) is 0 Å². The third-order valence-electron chi connectivity index (χ3n) is 5.23. The van der Waals surface area contributed by atoms with Crippen molar-refractivity contribution in [1.29, 1.82) is 0 Å². The van der Waals surface area contributed by atoms with Crippen LogP contribution in [-0.4, -0.2) is 34.7 Å². The van der Waals surface area contributed by atoms with Gasteiger partial charge in [-0.25, -0.2) is 0 Å². The van der Waals surface area contributed by atoms with Crippen LogP contribution in [0.1, 0.15) is 36.8 Å². The lowest BCUT2D eigenvalue weighted by molar-refractivity contribution is -0.122. The van der Waals surface area contributed by atoms with E-state index >= 15 is 0 Å². The smallest absolute Gasteiger partial charge is 0.266 e. The van der Waals surface area contributed by atoms with Crippen LogP contribution in [0.15, 0.2) is 54.6 Å². The first-order chi connectivity index (χ1) is 15.0. The highest BCUT2D eigenvalue weighted by atomic mass is 32.1. The van der Waals surface area contributed by atoms with Gasteiger partial charge in [-0.2, -0.15) is 0 Å². The molecule has 2 heterocycles. The van der Waals surface area contributed by atoms with Gasteiger partial charge in [-0.05, 0) is 37.1 Å². The van der Waals surface area contributed by atoms with Gasteiger partial charge in [0, 0.05) is 24.6 Å². The Morgan fingerprint density at radius 2 is 1.94 bits per heavy atom. The molecule has 1 fully saturated rings. The number of anilines is 2. The van der Waals surface area contributed by atoms with Gasteiger partial charge >= 0.3 is 0 Å². The Balaban J connectivity index is 1.40. The maximum Gasteiger partial charge on any atom is 0.266 e. The maximum absolute atomic E-state index is 12.7. The molecule has 3 aromatic rings. The molecule has 160 valence electrons. The van der Waals surface area contributed by atoms with E-state index in [1.807, 2.05) is 47.4 Å². The lowest BCUT2D eigenvalue weighted by Gasteiger charge is -2.19. The first kappa shape index (κ1) is 21.0. The van der Waals surface area contributed by atoms with E-state index in [1.165, 1.54) is 11.3 Å². The number of rotatable bonds is 7. The standard InChI is InChI=1S/C23H24N4O3S/c1-3-16-9-7-8-12-19(16)27-14-17(13-20(27)28)22-25-26-23(31-22)24-21(29)15(2)30-18-10-5-4-6-11-18/h4-12,15,17H,3,13-14H2,1-2H3,(H,24,26,29). The molecule has 2 amide bonds. The minimum absolute atomic E-state index is 0.0430. The molecule has 31 heavy (non-hydrogen) atoms. The van der Waals surface area contributed by atoms with Crippen LogP contribution in [0.5, 0.6) is 5.75 Å². The maximum atomic E-state index is 12.7. The second-order valence-corrected chi connectivity index (χ2v) is 8.40. The Bertz CT molecular complexity index is 1070. The number of benzene rings is 2. The van der Waals surface area contributed by atoms with Crippen molar-refractivity contribution in [2.24, 2.45) is 0 Å². The predicted octanol–water partition coefficient (Wildman–Crippen LogP) is 4.03. The molecule has 7 nitrogen and oxygen atoms in total. The summed E-state index contributed by atoms with van der Waals surface area (Å²) in [7, 11) is 0. The summed E-state index contributed by atoms with van der Waals surface area (Å²) in [5.74, 6) is 0.364. The summed E-state index contributed by atoms with van der Waals surface area (Å²) in [6, 6.07) is 17.2. The van der Waals surface area contributed by atoms with Gasteiger partial charge in [0.05, 0.1) is 0 Å². The van der Waals surface area contributed by atoms with E-state index in [0.717, 1.165) is 22.7 Å². The molecule has 0 aliphatic carbocycles. The Morgan fingerprint density at radius 1 is 1.19 bits per heavy atom. The molecule has 8 heteroatoms. The molecule has 1 saturated heterocycles. The van der Waals surface area contributed by atoms with Crippen molar-refractivity contribution in [2.75, 3.05) is 16.8 Å². The molecule has 0 bridgehead atoms. The minimum atomic E-state index is -0.677. The topological polar surface area (TPSA) is 84.4 Å². The number of para-hydroxylation sites is 2. The lowest BCUT2D eigenvalue weighted by atomic mass is 10.1. The van der Waals surface area contributed by atoms with E-state index in [-0.39, 0.29) is 17.7 Å². The highest BCUT2D eigenvalue weighted by Gasteiger charge is 2.34. The van der Waals surface area contributed by atoms with Gasteiger partial charge in [-0.15, -0.1) is 10.2 Å². The number of nitrogens with zero attached hydrogens (tertiary/aromatic N) is 3. The van der Waals surface area contributed by atoms with Crippen LogP contribution in [0, 0.1) is 0 Å². The number of carbonyl (C=O) groups is 2. The summed E-state index contributed by atoms with van der Waals surface area (Å²) in [6.07, 6.45) is 0.570. The second kappa shape index (κ2) is 9.26. The molecule has 0 spiro atoms. The predicted molar refractivity (Wildman–Crippen MR) is 121 cm³/mol. The van der Waals surface area contributed by atoms with Gasteiger partial charge in [-0.1, -0.05) is 54.7 Å². The number of carbonyl (C=O) groups excluding carboxylic acids is 2. The number of aryl methyl sites for hydroxylation is 1. The van der Waals surface area contributed by atoms with Crippen LogP contribution in [0.4, 0.5) is 10.8 Å². The highest BCUT2D eigenvalue weighted by Crippen LogP contribution is 2.35. The largest absolute Gasteiger partial charge is 0.481 e. The summed E-state index contributed by atoms with van der Waals surface area (Å²) in [5.41, 5.74) is 2.11. The Morgan fingerprint density at radius 3 is 2.71 bits per heavy atom. The molecule has 1 N–H and O–H groups in total. The van der Waals surface area contributed by atoms with Crippen molar-refractivity contribution in [3.8, 4) is 5.75 Å². The number of hydrogen-bond donors (Lipinski definition) is 1. The SMILES string of the molecule is CCc1ccccc1N1CC(c2nnc(NC(=O)C(C)Oc3ccccc3)s2)CC1=O. The summed E-state index contributed by atoms with van der Waals surface area (Å²) in [4.78, 5) is 26.9. The minimum Gasteiger partial charge on any atom is -0.481 e. The van der Waals surface area contributed by atoms with E-state index in [9.17, 15) is 9.59 Å². The van der Waals surface area contributed by atoms with Crippen LogP contribution < -0.4 is 15.0 Å². The summed E-state index contributed by atoms with van der Waals surface area (Å²) >= 11 is 1.30. The van der Waals surface area contributed by atoms with Crippen molar-refractivity contribution < 1.29 is 14.3 Å². The van der Waals surface area contributed by atoms with E-state index in [2.05, 4.69) is 22.4 Å². The van der Waals surface area contributed by atoms with Crippen molar-refractivity contribution in [1.82, 2.24) is 10.2 Å². The number of aromatic nitrogens is 2. The molecule has 0 radical (unpaired) electrons. The molecular weight excluding hydrogens is 412 g/mol. The third kappa shape index (κ3) is 4.74. The Labute approximate surface area is 185 Å². The van der Waals surface area contributed by atoms with E-state index in [1.54, 1.807) is 19.1 Å². The molecular formula is C23H24N4O3S. The van der Waals surface area contributed by atoms with Gasteiger partial charge in [0.2, 0.25) is 11.0 Å². The van der Waals surface area contributed by atoms with Crippen LogP contribution in [0.2, 0.25) is 0 Å². The molecule has 1 aliphatic heterocycles. The Hall–Kier alpha value is -3.26. The summed E-state index contributed by atoms with van der Waals surface area (Å²) in [6.45, 7) is 4.33. The molecule has 1 aliphatic rings. The van der Waals surface area contributed by atoms with Crippen molar-refractivity contribution >= 4 is 34.0 Å². The Kier molecular flexibility index (Phi) is 6.27. The van der Waals surface area contributed by atoms with Gasteiger partial charge in [-0.3, -0.25) is 14.9 Å². The van der Waals surface area contributed by atoms with Gasteiger partial charge in [0.15, 0.2) is 6.10 Å². The molecule has 0 saturated carbocycles. The van der Waals surface area contributed by atoms with Crippen molar-refractivity contribution in [3.05, 3.63) is 65.2 Å². The first-order valence-corrected chi connectivity index (χ1v) is 11.1. The van der Waals surface area contributed by atoms with Crippen molar-refractivity contribution in [2.45, 2.75) is 38.7 Å². The fraction of sp³-hybridized carbons (Fsp3) is 0.304. The van der Waals surface area contributed by atoms with E-state index in [0.29, 0.717) is 23.8 Å². The quantitative estimate of drug-likeness (QED) is 0.605. The van der Waals surface area contributed by atoms with Gasteiger partial charge < -0.3 is 9.64 Å². The molecule has 1 aromatic heterocycles. The zero-order valence-electron chi connectivity index (χ0n) is 17.4. The van der Waals surface area contributed by atoms with E-state index < -0.39 is 6.10 Å². The fourth-order valence-electron chi connectivity index (χ4n) is 3.59. The average Bonchev–Trinajstić information content (AvgIpc) is 3.40. The van der Waals surface area contributed by atoms with Crippen LogP contribution in [-0.2, 0) is 16.0 Å². The summed E-state index contributed by atoms with van der Waals surface area (Å²) < 4.78 is 5.65. The van der Waals surface area contributed by atoms with Gasteiger partial charge in [0.25, 0.3) is 5.91 Å². The highest BCUT2D eigenvalue weighted by molar-refractivity contribution is 7.15. The molecule has 2 unspecified atom stereocenters. The molecule has 4 rings (SSSR count). The number of nitrogens with one attached hydrogen (secondary N) is 1. The third-order valence-corrected chi connectivity index (χ3v) is 6.23. The zero-order chi connectivity index (χ0) is 21.8. The van der Waals surface area contributed by atoms with Crippen LogP contribution in [0.3, 0.4) is 0 Å². The average molecular weight is 437 g/mol. The van der Waals surface area contributed by atoms with E-state index in [4.69, 9.17) is 4.74 Å². The normalized spacial score (nSPS) is 16.9. The fourth-order valence-corrected chi connectivity index (χ4v) is 4.43. The summed E-state index contributed by atoms with van der Waals surface area (Å²) in [5, 5.41) is 12.2. The van der Waals surface area contributed by atoms with Crippen LogP contribution >= 0.6 is 11.3 Å². The lowest BCUT2D eigenvalue weighted by Crippen LogP contribution is -2.30. The molecule has 2 aromatic carbocycles. The monoisotopic (exact) mass is 436 g/mol. The van der Waals surface area contributed by atoms with Crippen molar-refractivity contribution in [3.63, 3.8) is 0 Å². The number of amides is 2. The second-order valence-electron chi connectivity index (χ2n) is 7.40. The molecule has 2 atom stereocenters.